The number of nitrogens with zero attached hydrogens (tertiary/aromatic N) is 1. The Kier molecular flexibility index (Phi) is 5.91. The molecule has 1 amide bonds. The summed E-state index contributed by atoms with van der Waals surface area (Å²) >= 11 is 5.80. The number of ether oxygens (including phenoxy) is 1. The molecular weight excluding hydrogens is 380 g/mol. The van der Waals surface area contributed by atoms with Crippen LogP contribution in [0.2, 0.25) is 5.02 Å². The van der Waals surface area contributed by atoms with E-state index < -0.39 is 5.97 Å². The van der Waals surface area contributed by atoms with Crippen LogP contribution in [-0.2, 0) is 4.74 Å². The van der Waals surface area contributed by atoms with E-state index in [1.807, 2.05) is 13.0 Å². The molecule has 3 aromatic rings. The maximum atomic E-state index is 12.0. The molecule has 0 fully saturated rings. The van der Waals surface area contributed by atoms with Crippen molar-refractivity contribution in [1.29, 1.82) is 0 Å². The van der Waals surface area contributed by atoms with Crippen molar-refractivity contribution in [2.24, 2.45) is 5.10 Å². The van der Waals surface area contributed by atoms with Crippen LogP contribution in [0, 0.1) is 6.92 Å². The number of carbonyl (C=O) groups excluding carboxylic acids is 2. The molecule has 0 spiro atoms. The Morgan fingerprint density at radius 3 is 2.57 bits per heavy atom. The minimum atomic E-state index is -0.405. The molecule has 7 heteroatoms. The smallest absolute Gasteiger partial charge is 0.338 e. The highest BCUT2D eigenvalue weighted by molar-refractivity contribution is 6.30. The number of rotatable bonds is 5. The Morgan fingerprint density at radius 1 is 1.11 bits per heavy atom. The molecule has 2 aromatic carbocycles. The van der Waals surface area contributed by atoms with E-state index in [1.165, 1.54) is 13.3 Å². The fraction of sp³-hybridized carbons (Fsp3) is 0.0952. The van der Waals surface area contributed by atoms with Gasteiger partial charge in [-0.1, -0.05) is 23.7 Å². The Morgan fingerprint density at radius 2 is 1.86 bits per heavy atom. The predicted octanol–water partition coefficient (Wildman–Crippen LogP) is 4.46. The van der Waals surface area contributed by atoms with Gasteiger partial charge >= 0.3 is 5.97 Å². The van der Waals surface area contributed by atoms with Gasteiger partial charge in [0.05, 0.1) is 18.9 Å². The second-order valence-electron chi connectivity index (χ2n) is 5.88. The minimum Gasteiger partial charge on any atom is -0.465 e. The zero-order chi connectivity index (χ0) is 20.1. The summed E-state index contributed by atoms with van der Waals surface area (Å²) in [4.78, 5) is 23.8. The number of furan rings is 1. The molecule has 0 saturated carbocycles. The minimum absolute atomic E-state index is 0.360. The molecule has 0 unspecified atom stereocenters. The Labute approximate surface area is 166 Å². The van der Waals surface area contributed by atoms with Gasteiger partial charge in [0.2, 0.25) is 0 Å². The van der Waals surface area contributed by atoms with Crippen molar-refractivity contribution in [2.75, 3.05) is 7.11 Å². The van der Waals surface area contributed by atoms with E-state index in [2.05, 4.69) is 10.5 Å². The van der Waals surface area contributed by atoms with Gasteiger partial charge in [-0.05, 0) is 55.0 Å². The lowest BCUT2D eigenvalue weighted by molar-refractivity contribution is 0.0600. The number of methoxy groups -OCH3 is 1. The lowest BCUT2D eigenvalue weighted by Gasteiger charge is -2.07. The number of benzene rings is 2. The van der Waals surface area contributed by atoms with Gasteiger partial charge in [0, 0.05) is 16.1 Å². The number of nitrogens with one attached hydrogen (secondary N) is 1. The van der Waals surface area contributed by atoms with Crippen LogP contribution in [0.15, 0.2) is 64.1 Å². The number of esters is 1. The van der Waals surface area contributed by atoms with Gasteiger partial charge in [0.15, 0.2) is 0 Å². The average Bonchev–Trinajstić information content (AvgIpc) is 3.16. The highest BCUT2D eigenvalue weighted by Crippen LogP contribution is 2.27. The topological polar surface area (TPSA) is 80.9 Å². The van der Waals surface area contributed by atoms with Crippen LogP contribution in [0.5, 0.6) is 0 Å². The van der Waals surface area contributed by atoms with E-state index in [1.54, 1.807) is 48.5 Å². The first-order valence-corrected chi connectivity index (χ1v) is 8.74. The number of amides is 1. The summed E-state index contributed by atoms with van der Waals surface area (Å²) in [5.74, 6) is 0.266. The van der Waals surface area contributed by atoms with Gasteiger partial charge in [-0.15, -0.1) is 0 Å². The molecule has 1 heterocycles. The van der Waals surface area contributed by atoms with E-state index in [4.69, 9.17) is 20.8 Å². The highest BCUT2D eigenvalue weighted by atomic mass is 35.5. The van der Waals surface area contributed by atoms with E-state index in [0.717, 1.165) is 11.1 Å². The molecule has 6 nitrogen and oxygen atoms in total. The van der Waals surface area contributed by atoms with Crippen molar-refractivity contribution < 1.29 is 18.7 Å². The van der Waals surface area contributed by atoms with Gasteiger partial charge in [0.1, 0.15) is 11.5 Å². The van der Waals surface area contributed by atoms with Crippen LogP contribution in [0.3, 0.4) is 0 Å². The standard InChI is InChI=1S/C21H17ClN2O4/c1-13-17(4-3-5-18(13)21(26)27-2)19-11-10-16(28-19)12-23-24-20(25)14-6-8-15(22)9-7-14/h3-12H,1-2H3,(H,24,25)/b23-12-. The predicted molar refractivity (Wildman–Crippen MR) is 107 cm³/mol. The number of hydrazone groups is 1. The molecule has 0 saturated heterocycles. The zero-order valence-corrected chi connectivity index (χ0v) is 16.0. The van der Waals surface area contributed by atoms with Crippen LogP contribution >= 0.6 is 11.6 Å². The quantitative estimate of drug-likeness (QED) is 0.392. The second kappa shape index (κ2) is 8.54. The first kappa shape index (κ1) is 19.4. The van der Waals surface area contributed by atoms with Crippen LogP contribution in [0.4, 0.5) is 0 Å². The largest absolute Gasteiger partial charge is 0.465 e. The maximum Gasteiger partial charge on any atom is 0.338 e. The van der Waals surface area contributed by atoms with E-state index in [-0.39, 0.29) is 5.91 Å². The number of halogens is 1. The van der Waals surface area contributed by atoms with Gasteiger partial charge in [0.25, 0.3) is 5.91 Å². The number of hydrogen-bond acceptors (Lipinski definition) is 5. The maximum absolute atomic E-state index is 12.0. The summed E-state index contributed by atoms with van der Waals surface area (Å²) in [6, 6.07) is 15.3. The summed E-state index contributed by atoms with van der Waals surface area (Å²) in [7, 11) is 1.34. The van der Waals surface area contributed by atoms with Crippen molar-refractivity contribution in [2.45, 2.75) is 6.92 Å². The Balaban J connectivity index is 1.72. The van der Waals surface area contributed by atoms with Crippen LogP contribution in [0.25, 0.3) is 11.3 Å². The SMILES string of the molecule is COC(=O)c1cccc(-c2ccc(/C=N\NC(=O)c3ccc(Cl)cc3)o2)c1C. The highest BCUT2D eigenvalue weighted by Gasteiger charge is 2.14. The molecule has 0 atom stereocenters. The summed E-state index contributed by atoms with van der Waals surface area (Å²) in [6.07, 6.45) is 1.40. The molecular formula is C21H17ClN2O4. The third-order valence-electron chi connectivity index (χ3n) is 4.10. The molecule has 0 aliphatic rings. The first-order valence-electron chi connectivity index (χ1n) is 8.36. The lowest BCUT2D eigenvalue weighted by Crippen LogP contribution is -2.17. The van der Waals surface area contributed by atoms with Gasteiger partial charge in [-0.25, -0.2) is 10.2 Å². The Bertz CT molecular complexity index is 1040. The molecule has 3 rings (SSSR count). The zero-order valence-electron chi connectivity index (χ0n) is 15.2. The van der Waals surface area contributed by atoms with Gasteiger partial charge < -0.3 is 9.15 Å². The molecule has 0 aliphatic heterocycles. The van der Waals surface area contributed by atoms with E-state index in [0.29, 0.717) is 27.7 Å². The fourth-order valence-corrected chi connectivity index (χ4v) is 2.75. The second-order valence-corrected chi connectivity index (χ2v) is 6.31. The molecule has 0 bridgehead atoms. The van der Waals surface area contributed by atoms with Crippen molar-refractivity contribution in [1.82, 2.24) is 5.43 Å². The Hall–Kier alpha value is -3.38. The number of carbonyl (C=O) groups is 2. The average molecular weight is 397 g/mol. The third-order valence-corrected chi connectivity index (χ3v) is 4.35. The molecule has 28 heavy (non-hydrogen) atoms. The fourth-order valence-electron chi connectivity index (χ4n) is 2.62. The van der Waals surface area contributed by atoms with Crippen molar-refractivity contribution >= 4 is 29.7 Å². The van der Waals surface area contributed by atoms with Crippen molar-refractivity contribution in [3.05, 3.63) is 82.1 Å². The van der Waals surface area contributed by atoms with Crippen molar-refractivity contribution in [3.8, 4) is 11.3 Å². The number of hydrogen-bond donors (Lipinski definition) is 1. The normalized spacial score (nSPS) is 10.8. The van der Waals surface area contributed by atoms with Crippen LogP contribution in [-0.4, -0.2) is 25.2 Å². The summed E-state index contributed by atoms with van der Waals surface area (Å²) in [5.41, 5.74) is 4.86. The molecule has 0 radical (unpaired) electrons. The summed E-state index contributed by atoms with van der Waals surface area (Å²) < 4.78 is 10.5. The monoisotopic (exact) mass is 396 g/mol. The molecule has 0 aliphatic carbocycles. The third kappa shape index (κ3) is 4.29. The van der Waals surface area contributed by atoms with E-state index in [9.17, 15) is 9.59 Å². The van der Waals surface area contributed by atoms with Gasteiger partial charge in [-0.3, -0.25) is 4.79 Å². The summed E-state index contributed by atoms with van der Waals surface area (Å²) in [5, 5.41) is 4.45. The summed E-state index contributed by atoms with van der Waals surface area (Å²) in [6.45, 7) is 1.82. The van der Waals surface area contributed by atoms with Crippen molar-refractivity contribution in [3.63, 3.8) is 0 Å². The van der Waals surface area contributed by atoms with Gasteiger partial charge in [-0.2, -0.15) is 5.10 Å². The molecule has 1 N–H and O–H groups in total. The lowest BCUT2D eigenvalue weighted by atomic mass is 10.0. The first-order chi connectivity index (χ1) is 13.5. The molecule has 1 aromatic heterocycles. The van der Waals surface area contributed by atoms with Crippen LogP contribution in [0.1, 0.15) is 32.0 Å². The van der Waals surface area contributed by atoms with Crippen LogP contribution < -0.4 is 5.43 Å². The van der Waals surface area contributed by atoms with E-state index >= 15 is 0 Å². The molecule has 142 valence electrons.